The zero-order valence-corrected chi connectivity index (χ0v) is 13.5. The van der Waals surface area contributed by atoms with Crippen molar-refractivity contribution in [1.82, 2.24) is 9.78 Å². The third-order valence-corrected chi connectivity index (χ3v) is 3.78. The third kappa shape index (κ3) is 2.92. The monoisotopic (exact) mass is 326 g/mol. The summed E-state index contributed by atoms with van der Waals surface area (Å²) in [6.45, 7) is 5.73. The molecule has 1 N–H and O–H groups in total. The van der Waals surface area contributed by atoms with Crippen LogP contribution in [0, 0.1) is 0 Å². The molecule has 0 unspecified atom stereocenters. The third-order valence-electron chi connectivity index (χ3n) is 3.23. The van der Waals surface area contributed by atoms with Crippen LogP contribution in [0.1, 0.15) is 48.4 Å². The van der Waals surface area contributed by atoms with E-state index in [-0.39, 0.29) is 11.5 Å². The summed E-state index contributed by atoms with van der Waals surface area (Å²) in [6.07, 6.45) is 0.534. The number of aryl methyl sites for hydroxylation is 1. The quantitative estimate of drug-likeness (QED) is 0.895. The molecule has 0 saturated carbocycles. The number of carbonyl (C=O) groups is 1. The van der Waals surface area contributed by atoms with Crippen molar-refractivity contribution in [3.05, 3.63) is 45.2 Å². The zero-order chi connectivity index (χ0) is 15.7. The Hall–Kier alpha value is -1.52. The minimum atomic E-state index is -0.972. The van der Waals surface area contributed by atoms with E-state index in [0.717, 1.165) is 0 Å². The van der Waals surface area contributed by atoms with Crippen molar-refractivity contribution in [2.75, 3.05) is 0 Å². The van der Waals surface area contributed by atoms with Gasteiger partial charge < -0.3 is 5.11 Å². The molecule has 0 aliphatic heterocycles. The number of rotatable bonds is 4. The van der Waals surface area contributed by atoms with Crippen molar-refractivity contribution in [1.29, 1.82) is 0 Å². The molecule has 0 saturated heterocycles. The Kier molecular flexibility index (Phi) is 4.59. The van der Waals surface area contributed by atoms with Gasteiger partial charge in [-0.15, -0.1) is 0 Å². The minimum Gasteiger partial charge on any atom is -0.478 e. The molecule has 2 rings (SSSR count). The summed E-state index contributed by atoms with van der Waals surface area (Å²) >= 11 is 12.3. The van der Waals surface area contributed by atoms with Crippen LogP contribution in [0.25, 0.3) is 5.69 Å². The molecule has 6 heteroatoms. The Morgan fingerprint density at radius 2 is 2.05 bits per heavy atom. The van der Waals surface area contributed by atoms with Crippen LogP contribution in [0.4, 0.5) is 0 Å². The lowest BCUT2D eigenvalue weighted by atomic mass is 10.0. The molecule has 2 aromatic rings. The molecular formula is C15H16Cl2N2O2. The van der Waals surface area contributed by atoms with E-state index >= 15 is 0 Å². The van der Waals surface area contributed by atoms with Crippen molar-refractivity contribution >= 4 is 29.2 Å². The van der Waals surface area contributed by atoms with E-state index in [0.29, 0.717) is 33.5 Å². The Bertz CT molecular complexity index is 693. The maximum atomic E-state index is 11.6. The number of nitrogens with zero attached hydrogens (tertiary/aromatic N) is 2. The van der Waals surface area contributed by atoms with E-state index in [9.17, 15) is 9.90 Å². The van der Waals surface area contributed by atoms with E-state index < -0.39 is 5.97 Å². The Morgan fingerprint density at radius 3 is 2.57 bits per heavy atom. The van der Waals surface area contributed by atoms with Crippen molar-refractivity contribution in [3.63, 3.8) is 0 Å². The van der Waals surface area contributed by atoms with Gasteiger partial charge in [-0.25, -0.2) is 9.48 Å². The van der Waals surface area contributed by atoms with Crippen LogP contribution >= 0.6 is 23.2 Å². The van der Waals surface area contributed by atoms with Gasteiger partial charge in [-0.2, -0.15) is 5.10 Å². The van der Waals surface area contributed by atoms with Gasteiger partial charge in [-0.1, -0.05) is 44.0 Å². The lowest BCUT2D eigenvalue weighted by molar-refractivity contribution is 0.0694. The summed E-state index contributed by atoms with van der Waals surface area (Å²) in [5, 5.41) is 14.9. The molecule has 0 spiro atoms. The highest BCUT2D eigenvalue weighted by atomic mass is 35.5. The van der Waals surface area contributed by atoms with Gasteiger partial charge in [0.25, 0.3) is 0 Å². The molecule has 0 bridgehead atoms. The molecule has 0 radical (unpaired) electrons. The Morgan fingerprint density at radius 1 is 1.38 bits per heavy atom. The Labute approximate surface area is 133 Å². The predicted octanol–water partition coefficient (Wildman–Crippen LogP) is 4.56. The molecule has 1 aromatic heterocycles. The van der Waals surface area contributed by atoms with E-state index in [1.165, 1.54) is 0 Å². The second-order valence-electron chi connectivity index (χ2n) is 5.03. The van der Waals surface area contributed by atoms with Crippen molar-refractivity contribution < 1.29 is 9.90 Å². The number of carboxylic acid groups (broad SMARTS) is 1. The Balaban J connectivity index is 2.80. The average Bonchev–Trinajstić information content (AvgIpc) is 2.81. The summed E-state index contributed by atoms with van der Waals surface area (Å²) in [4.78, 5) is 11.6. The first-order valence-electron chi connectivity index (χ1n) is 6.67. The van der Waals surface area contributed by atoms with Crippen LogP contribution in [0.2, 0.25) is 10.0 Å². The number of halogens is 2. The van der Waals surface area contributed by atoms with E-state index in [4.69, 9.17) is 23.2 Å². The number of aromatic nitrogens is 2. The molecule has 0 atom stereocenters. The van der Waals surface area contributed by atoms with Crippen molar-refractivity contribution in [3.8, 4) is 5.69 Å². The number of hydrogen-bond acceptors (Lipinski definition) is 2. The highest BCUT2D eigenvalue weighted by Crippen LogP contribution is 2.31. The highest BCUT2D eigenvalue weighted by Gasteiger charge is 2.25. The second-order valence-corrected chi connectivity index (χ2v) is 5.87. The zero-order valence-electron chi connectivity index (χ0n) is 12.0. The summed E-state index contributed by atoms with van der Waals surface area (Å²) in [5.41, 5.74) is 2.02. The topological polar surface area (TPSA) is 55.1 Å². The molecule has 0 aliphatic rings. The number of aromatic carboxylic acids is 1. The van der Waals surface area contributed by atoms with Gasteiger partial charge in [-0.05, 0) is 30.5 Å². The minimum absolute atomic E-state index is 0.0149. The first-order valence-corrected chi connectivity index (χ1v) is 7.42. The summed E-state index contributed by atoms with van der Waals surface area (Å²) in [6, 6.07) is 5.05. The average molecular weight is 327 g/mol. The van der Waals surface area contributed by atoms with Crippen molar-refractivity contribution in [2.45, 2.75) is 33.1 Å². The van der Waals surface area contributed by atoms with Gasteiger partial charge in [-0.3, -0.25) is 0 Å². The number of benzene rings is 1. The van der Waals surface area contributed by atoms with Crippen LogP contribution < -0.4 is 0 Å². The first kappa shape index (κ1) is 15.9. The van der Waals surface area contributed by atoms with Crippen molar-refractivity contribution in [2.24, 2.45) is 0 Å². The lowest BCUT2D eigenvalue weighted by Crippen LogP contribution is -2.09. The van der Waals surface area contributed by atoms with Gasteiger partial charge in [0.15, 0.2) is 0 Å². The standard InChI is InChI=1S/C15H16Cl2N2O2/c1-4-11-13(15(20)21)14(8(2)3)19(18-11)12-7-9(16)5-6-10(12)17/h5-8H,4H2,1-3H3,(H,20,21). The molecule has 4 nitrogen and oxygen atoms in total. The highest BCUT2D eigenvalue weighted by molar-refractivity contribution is 6.34. The molecular weight excluding hydrogens is 311 g/mol. The number of hydrogen-bond donors (Lipinski definition) is 1. The van der Waals surface area contributed by atoms with Crippen LogP contribution in [0.3, 0.4) is 0 Å². The summed E-state index contributed by atoms with van der Waals surface area (Å²) < 4.78 is 1.60. The largest absolute Gasteiger partial charge is 0.478 e. The summed E-state index contributed by atoms with van der Waals surface area (Å²) in [5.74, 6) is -0.987. The maximum Gasteiger partial charge on any atom is 0.339 e. The molecule has 21 heavy (non-hydrogen) atoms. The maximum absolute atomic E-state index is 11.6. The molecule has 0 fully saturated rings. The van der Waals surface area contributed by atoms with E-state index in [1.807, 2.05) is 20.8 Å². The molecule has 1 heterocycles. The van der Waals surface area contributed by atoms with Crippen LogP contribution in [-0.2, 0) is 6.42 Å². The number of carboxylic acids is 1. The van der Waals surface area contributed by atoms with Gasteiger partial charge in [0.1, 0.15) is 5.56 Å². The fourth-order valence-electron chi connectivity index (χ4n) is 2.32. The van der Waals surface area contributed by atoms with Gasteiger partial charge >= 0.3 is 5.97 Å². The second kappa shape index (κ2) is 6.08. The van der Waals surface area contributed by atoms with Crippen LogP contribution in [0.15, 0.2) is 18.2 Å². The molecule has 112 valence electrons. The molecule has 1 aromatic carbocycles. The summed E-state index contributed by atoms with van der Waals surface area (Å²) in [7, 11) is 0. The van der Waals surface area contributed by atoms with Gasteiger partial charge in [0.05, 0.1) is 22.1 Å². The first-order chi connectivity index (χ1) is 9.86. The fourth-order valence-corrected chi connectivity index (χ4v) is 2.69. The predicted molar refractivity (Wildman–Crippen MR) is 84.0 cm³/mol. The van der Waals surface area contributed by atoms with E-state index in [1.54, 1.807) is 22.9 Å². The van der Waals surface area contributed by atoms with E-state index in [2.05, 4.69) is 5.10 Å². The van der Waals surface area contributed by atoms with Crippen LogP contribution in [0.5, 0.6) is 0 Å². The lowest BCUT2D eigenvalue weighted by Gasteiger charge is -2.13. The normalized spacial score (nSPS) is 11.1. The molecule has 0 aliphatic carbocycles. The van der Waals surface area contributed by atoms with Gasteiger partial charge in [0, 0.05) is 5.02 Å². The smallest absolute Gasteiger partial charge is 0.339 e. The fraction of sp³-hybridized carbons (Fsp3) is 0.333. The van der Waals surface area contributed by atoms with Crippen LogP contribution in [-0.4, -0.2) is 20.9 Å². The molecule has 0 amide bonds. The SMILES string of the molecule is CCc1nn(-c2cc(Cl)ccc2Cl)c(C(C)C)c1C(=O)O. The van der Waals surface area contributed by atoms with Gasteiger partial charge in [0.2, 0.25) is 0 Å².